The van der Waals surface area contributed by atoms with Gasteiger partial charge in [-0.3, -0.25) is 4.79 Å². The summed E-state index contributed by atoms with van der Waals surface area (Å²) in [6, 6.07) is 23.4. The Morgan fingerprint density at radius 1 is 0.966 bits per heavy atom. The molecule has 150 valence electrons. The third-order valence-corrected chi connectivity index (χ3v) is 4.89. The van der Waals surface area contributed by atoms with Gasteiger partial charge in [0, 0.05) is 16.4 Å². The summed E-state index contributed by atoms with van der Waals surface area (Å²) in [4.78, 5) is 12.1. The maximum absolute atomic E-state index is 12.1. The zero-order valence-corrected chi connectivity index (χ0v) is 17.2. The standard InChI is InChI=1S/C24H25ClN2O2/c1-18-9-10-21(16-23(18)25)26-17-24(28)27-20-11-13-22(14-12-20)29-15-5-8-19-6-3-2-4-7-19/h2-4,6-7,9-14,16,26H,5,8,15,17H2,1H3,(H,27,28). The van der Waals surface area contributed by atoms with Gasteiger partial charge in [-0.05, 0) is 67.3 Å². The normalized spacial score (nSPS) is 10.4. The summed E-state index contributed by atoms with van der Waals surface area (Å²) in [5.41, 5.74) is 3.87. The molecule has 3 aromatic carbocycles. The van der Waals surface area contributed by atoms with Crippen LogP contribution in [0.2, 0.25) is 5.02 Å². The summed E-state index contributed by atoms with van der Waals surface area (Å²) in [5, 5.41) is 6.61. The lowest BCUT2D eigenvalue weighted by Crippen LogP contribution is -2.21. The number of hydrogen-bond donors (Lipinski definition) is 2. The van der Waals surface area contributed by atoms with E-state index in [0.29, 0.717) is 11.6 Å². The van der Waals surface area contributed by atoms with Crippen LogP contribution < -0.4 is 15.4 Å². The molecular weight excluding hydrogens is 384 g/mol. The molecular formula is C24H25ClN2O2. The molecule has 0 fully saturated rings. The number of aryl methyl sites for hydroxylation is 2. The van der Waals surface area contributed by atoms with Crippen LogP contribution in [0.1, 0.15) is 17.5 Å². The van der Waals surface area contributed by atoms with Crippen LogP contribution in [0, 0.1) is 6.92 Å². The van der Waals surface area contributed by atoms with E-state index in [9.17, 15) is 4.79 Å². The molecule has 1 amide bonds. The summed E-state index contributed by atoms with van der Waals surface area (Å²) in [5.74, 6) is 0.668. The van der Waals surface area contributed by atoms with Gasteiger partial charge in [0.05, 0.1) is 13.2 Å². The lowest BCUT2D eigenvalue weighted by Gasteiger charge is -2.10. The maximum Gasteiger partial charge on any atom is 0.243 e. The van der Waals surface area contributed by atoms with Crippen molar-refractivity contribution in [3.8, 4) is 5.75 Å². The molecule has 0 aromatic heterocycles. The van der Waals surface area contributed by atoms with Gasteiger partial charge in [-0.2, -0.15) is 0 Å². The first-order valence-electron chi connectivity index (χ1n) is 9.67. The monoisotopic (exact) mass is 408 g/mol. The largest absolute Gasteiger partial charge is 0.494 e. The van der Waals surface area contributed by atoms with E-state index in [-0.39, 0.29) is 12.5 Å². The molecule has 0 aliphatic carbocycles. The number of rotatable bonds is 9. The molecule has 0 radical (unpaired) electrons. The summed E-state index contributed by atoms with van der Waals surface area (Å²) >= 11 is 6.10. The van der Waals surface area contributed by atoms with Gasteiger partial charge < -0.3 is 15.4 Å². The van der Waals surface area contributed by atoms with Gasteiger partial charge in [0.1, 0.15) is 5.75 Å². The highest BCUT2D eigenvalue weighted by Crippen LogP contribution is 2.20. The molecule has 0 heterocycles. The van der Waals surface area contributed by atoms with E-state index in [2.05, 4.69) is 34.9 Å². The van der Waals surface area contributed by atoms with Crippen LogP contribution >= 0.6 is 11.6 Å². The van der Waals surface area contributed by atoms with Crippen LogP contribution in [0.3, 0.4) is 0 Å². The van der Waals surface area contributed by atoms with E-state index < -0.39 is 0 Å². The van der Waals surface area contributed by atoms with Crippen molar-refractivity contribution in [3.63, 3.8) is 0 Å². The topological polar surface area (TPSA) is 50.4 Å². The third kappa shape index (κ3) is 6.84. The van der Waals surface area contributed by atoms with Crippen LogP contribution in [0.5, 0.6) is 5.75 Å². The predicted octanol–water partition coefficient (Wildman–Crippen LogP) is 5.71. The number of benzene rings is 3. The van der Waals surface area contributed by atoms with Gasteiger partial charge in [-0.15, -0.1) is 0 Å². The van der Waals surface area contributed by atoms with Crippen molar-refractivity contribution in [1.29, 1.82) is 0 Å². The molecule has 0 saturated carbocycles. The molecule has 0 atom stereocenters. The Morgan fingerprint density at radius 3 is 2.41 bits per heavy atom. The molecule has 5 heteroatoms. The van der Waals surface area contributed by atoms with E-state index in [0.717, 1.165) is 35.5 Å². The number of carbonyl (C=O) groups is 1. The molecule has 0 unspecified atom stereocenters. The minimum absolute atomic E-state index is 0.127. The second kappa shape index (κ2) is 10.5. The summed E-state index contributed by atoms with van der Waals surface area (Å²) in [7, 11) is 0. The molecule has 0 aliphatic rings. The highest BCUT2D eigenvalue weighted by molar-refractivity contribution is 6.31. The first-order valence-corrected chi connectivity index (χ1v) is 10.0. The van der Waals surface area contributed by atoms with Gasteiger partial charge in [0.2, 0.25) is 5.91 Å². The van der Waals surface area contributed by atoms with E-state index in [1.165, 1.54) is 5.56 Å². The van der Waals surface area contributed by atoms with Crippen LogP contribution in [0.25, 0.3) is 0 Å². The Labute approximate surface area is 176 Å². The number of carbonyl (C=O) groups excluding carboxylic acids is 1. The summed E-state index contributed by atoms with van der Waals surface area (Å²) < 4.78 is 5.78. The van der Waals surface area contributed by atoms with Crippen molar-refractivity contribution in [2.75, 3.05) is 23.8 Å². The second-order valence-electron chi connectivity index (χ2n) is 6.83. The van der Waals surface area contributed by atoms with Crippen molar-refractivity contribution in [1.82, 2.24) is 0 Å². The van der Waals surface area contributed by atoms with Crippen molar-refractivity contribution < 1.29 is 9.53 Å². The highest BCUT2D eigenvalue weighted by Gasteiger charge is 2.04. The highest BCUT2D eigenvalue weighted by atomic mass is 35.5. The van der Waals surface area contributed by atoms with E-state index in [1.54, 1.807) is 0 Å². The number of nitrogens with one attached hydrogen (secondary N) is 2. The molecule has 4 nitrogen and oxygen atoms in total. The fourth-order valence-electron chi connectivity index (χ4n) is 2.84. The van der Waals surface area contributed by atoms with E-state index in [4.69, 9.17) is 16.3 Å². The minimum Gasteiger partial charge on any atom is -0.494 e. The average Bonchev–Trinajstić information content (AvgIpc) is 2.74. The Hall–Kier alpha value is -2.98. The smallest absolute Gasteiger partial charge is 0.243 e. The van der Waals surface area contributed by atoms with Crippen LogP contribution in [-0.2, 0) is 11.2 Å². The third-order valence-electron chi connectivity index (χ3n) is 4.48. The Kier molecular flexibility index (Phi) is 7.54. The molecule has 0 saturated heterocycles. The van der Waals surface area contributed by atoms with Gasteiger partial charge in [0.25, 0.3) is 0 Å². The maximum atomic E-state index is 12.1. The predicted molar refractivity (Wildman–Crippen MR) is 120 cm³/mol. The summed E-state index contributed by atoms with van der Waals surface area (Å²) in [6.45, 7) is 2.76. The number of ether oxygens (including phenoxy) is 1. The molecule has 0 aliphatic heterocycles. The zero-order valence-electron chi connectivity index (χ0n) is 16.5. The lowest BCUT2D eigenvalue weighted by molar-refractivity contribution is -0.114. The van der Waals surface area contributed by atoms with Crippen molar-refractivity contribution in [2.45, 2.75) is 19.8 Å². The summed E-state index contributed by atoms with van der Waals surface area (Å²) in [6.07, 6.45) is 1.95. The first kappa shape index (κ1) is 20.7. The Bertz CT molecular complexity index is 927. The lowest BCUT2D eigenvalue weighted by atomic mass is 10.1. The number of halogens is 1. The fraction of sp³-hybridized carbons (Fsp3) is 0.208. The average molecular weight is 409 g/mol. The van der Waals surface area contributed by atoms with Gasteiger partial charge in [-0.1, -0.05) is 48.0 Å². The molecule has 2 N–H and O–H groups in total. The van der Waals surface area contributed by atoms with Crippen LogP contribution in [0.15, 0.2) is 72.8 Å². The van der Waals surface area contributed by atoms with E-state index in [1.807, 2.05) is 55.5 Å². The van der Waals surface area contributed by atoms with Gasteiger partial charge in [0.15, 0.2) is 0 Å². The SMILES string of the molecule is Cc1ccc(NCC(=O)Nc2ccc(OCCCc3ccccc3)cc2)cc1Cl. The van der Waals surface area contributed by atoms with Crippen LogP contribution in [0.4, 0.5) is 11.4 Å². The van der Waals surface area contributed by atoms with Gasteiger partial charge >= 0.3 is 0 Å². The van der Waals surface area contributed by atoms with Crippen molar-refractivity contribution in [3.05, 3.63) is 88.9 Å². The Morgan fingerprint density at radius 2 is 1.69 bits per heavy atom. The Balaban J connectivity index is 1.39. The molecule has 3 rings (SSSR count). The quantitative estimate of drug-likeness (QED) is 0.446. The molecule has 3 aromatic rings. The van der Waals surface area contributed by atoms with Crippen molar-refractivity contribution in [2.24, 2.45) is 0 Å². The number of hydrogen-bond acceptors (Lipinski definition) is 3. The molecule has 0 bridgehead atoms. The van der Waals surface area contributed by atoms with Gasteiger partial charge in [-0.25, -0.2) is 0 Å². The van der Waals surface area contributed by atoms with Crippen LogP contribution in [-0.4, -0.2) is 19.1 Å². The number of anilines is 2. The number of amides is 1. The first-order chi connectivity index (χ1) is 14.1. The van der Waals surface area contributed by atoms with Crippen molar-refractivity contribution >= 4 is 28.9 Å². The van der Waals surface area contributed by atoms with E-state index >= 15 is 0 Å². The second-order valence-corrected chi connectivity index (χ2v) is 7.23. The fourth-order valence-corrected chi connectivity index (χ4v) is 3.02. The molecule has 29 heavy (non-hydrogen) atoms. The molecule has 0 spiro atoms. The minimum atomic E-state index is -0.127. The zero-order chi connectivity index (χ0) is 20.5.